The second kappa shape index (κ2) is 11.4. The van der Waals surface area contributed by atoms with Crippen LogP contribution in [0.4, 0.5) is 9.59 Å². The second-order valence-corrected chi connectivity index (χ2v) is 7.81. The summed E-state index contributed by atoms with van der Waals surface area (Å²) in [6, 6.07) is 3.10. The predicted octanol–water partition coefficient (Wildman–Crippen LogP) is 0.966. The molecule has 2 rings (SSSR count). The van der Waals surface area contributed by atoms with Crippen molar-refractivity contribution in [2.45, 2.75) is 12.1 Å². The lowest BCUT2D eigenvalue weighted by Gasteiger charge is -2.18. The van der Waals surface area contributed by atoms with Crippen molar-refractivity contribution in [2.24, 2.45) is 0 Å². The summed E-state index contributed by atoms with van der Waals surface area (Å²) in [4.78, 5) is 72.7. The smallest absolute Gasteiger partial charge is 0.375 e. The summed E-state index contributed by atoms with van der Waals surface area (Å²) in [6.45, 7) is 0. The highest BCUT2D eigenvalue weighted by molar-refractivity contribution is 8.15. The molecule has 0 radical (unpaired) electrons. The quantitative estimate of drug-likeness (QED) is 0.361. The summed E-state index contributed by atoms with van der Waals surface area (Å²) >= 11 is 0.968. The van der Waals surface area contributed by atoms with Crippen molar-refractivity contribution in [2.75, 3.05) is 25.7 Å². The van der Waals surface area contributed by atoms with Crippen LogP contribution in [0.3, 0.4) is 0 Å². The normalized spacial score (nSPS) is 20.7. The van der Waals surface area contributed by atoms with Gasteiger partial charge in [0.15, 0.2) is 0 Å². The molecule has 1 heterocycles. The van der Waals surface area contributed by atoms with Gasteiger partial charge in [-0.05, 0) is 41.7 Å². The lowest BCUT2D eigenvalue weighted by molar-refractivity contribution is -0.143. The van der Waals surface area contributed by atoms with E-state index in [0.29, 0.717) is 23.5 Å². The molecule has 1 unspecified atom stereocenters. The molecule has 0 spiro atoms. The Hall–Kier alpha value is -3.06. The van der Waals surface area contributed by atoms with Gasteiger partial charge in [-0.3, -0.25) is 9.59 Å². The summed E-state index contributed by atoms with van der Waals surface area (Å²) < 4.78 is 13.8. The van der Waals surface area contributed by atoms with Crippen LogP contribution in [-0.2, 0) is 23.8 Å². The van der Waals surface area contributed by atoms with Gasteiger partial charge < -0.3 is 24.8 Å². The van der Waals surface area contributed by atoms with Crippen LogP contribution in [0.15, 0.2) is 24.3 Å². The summed E-state index contributed by atoms with van der Waals surface area (Å²) in [7, 11) is 2.22. The van der Waals surface area contributed by atoms with Crippen molar-refractivity contribution < 1.29 is 43.0 Å². The van der Waals surface area contributed by atoms with Crippen molar-refractivity contribution in [1.29, 1.82) is 0 Å². The minimum absolute atomic E-state index is 0.0559. The Labute approximate surface area is 184 Å². The number of hydrogen-bond acceptors (Lipinski definition) is 11. The van der Waals surface area contributed by atoms with E-state index < -0.39 is 46.4 Å². The van der Waals surface area contributed by atoms with Gasteiger partial charge in [0.05, 0.1) is 14.2 Å². The van der Waals surface area contributed by atoms with E-state index in [1.807, 2.05) is 0 Å². The molecule has 13 heteroatoms. The van der Waals surface area contributed by atoms with E-state index >= 15 is 0 Å². The molecular weight excluding hydrogens is 452 g/mol. The third kappa shape index (κ3) is 7.00. The first-order valence-corrected chi connectivity index (χ1v) is 10.6. The van der Waals surface area contributed by atoms with E-state index in [4.69, 9.17) is 0 Å². The second-order valence-electron chi connectivity index (χ2n) is 5.90. The highest BCUT2D eigenvalue weighted by atomic mass is 32.2. The van der Waals surface area contributed by atoms with E-state index in [-0.39, 0.29) is 22.6 Å². The number of rotatable bonds is 2. The topological polar surface area (TPSA) is 154 Å². The molecule has 1 aromatic rings. The number of carbonyl (C=O) groups is 6. The van der Waals surface area contributed by atoms with Gasteiger partial charge in [-0.15, -0.1) is 0 Å². The Morgan fingerprint density at radius 1 is 0.871 bits per heavy atom. The number of methoxy groups -OCH3 is 2. The van der Waals surface area contributed by atoms with Gasteiger partial charge in [-0.1, -0.05) is 6.07 Å². The Morgan fingerprint density at radius 3 is 1.68 bits per heavy atom. The van der Waals surface area contributed by atoms with Crippen LogP contribution >= 0.6 is 23.5 Å². The number of nitrogens with one attached hydrogen (secondary N) is 2. The SMILES string of the molecule is COC(=O)C1CSC(=O)OC(=O)SC[C@H](C(=O)OC)NC(=O)c2cccc(c2)C(=O)N1. The Bertz CT molecular complexity index is 839. The molecule has 31 heavy (non-hydrogen) atoms. The van der Waals surface area contributed by atoms with Crippen LogP contribution in [-0.4, -0.2) is 72.2 Å². The van der Waals surface area contributed by atoms with E-state index in [1.165, 1.54) is 24.3 Å². The zero-order valence-electron chi connectivity index (χ0n) is 16.4. The molecule has 2 amide bonds. The van der Waals surface area contributed by atoms with E-state index in [2.05, 4.69) is 24.8 Å². The first kappa shape index (κ1) is 24.2. The van der Waals surface area contributed by atoms with Crippen LogP contribution in [0.1, 0.15) is 20.7 Å². The summed E-state index contributed by atoms with van der Waals surface area (Å²) in [5.74, 6) is -3.57. The average Bonchev–Trinajstić information content (AvgIpc) is 2.77. The van der Waals surface area contributed by atoms with Crippen molar-refractivity contribution in [3.05, 3.63) is 35.4 Å². The Balaban J connectivity index is 2.36. The zero-order valence-corrected chi connectivity index (χ0v) is 18.0. The average molecular weight is 470 g/mol. The van der Waals surface area contributed by atoms with Crippen molar-refractivity contribution in [3.8, 4) is 0 Å². The molecule has 11 nitrogen and oxygen atoms in total. The van der Waals surface area contributed by atoms with Gasteiger partial charge in [0.1, 0.15) is 12.1 Å². The monoisotopic (exact) mass is 470 g/mol. The minimum Gasteiger partial charge on any atom is -0.467 e. The molecule has 2 atom stereocenters. The van der Waals surface area contributed by atoms with Gasteiger partial charge in [-0.25, -0.2) is 19.2 Å². The number of carbonyl (C=O) groups excluding carboxylic acids is 6. The molecule has 2 bridgehead atoms. The van der Waals surface area contributed by atoms with Gasteiger partial charge in [-0.2, -0.15) is 0 Å². The zero-order chi connectivity index (χ0) is 23.0. The molecular formula is C18H18N2O9S2. The molecule has 1 aromatic carbocycles. The molecule has 0 fully saturated rings. The Morgan fingerprint density at radius 2 is 1.29 bits per heavy atom. The number of cyclic esters (lactones) is 2. The van der Waals surface area contributed by atoms with Gasteiger partial charge in [0.25, 0.3) is 11.8 Å². The largest absolute Gasteiger partial charge is 0.467 e. The number of hydrogen-bond donors (Lipinski definition) is 2. The lowest BCUT2D eigenvalue weighted by atomic mass is 10.1. The fourth-order valence-corrected chi connectivity index (χ4v) is 3.70. The number of fused-ring (bicyclic) bond motifs is 2. The van der Waals surface area contributed by atoms with E-state index in [1.54, 1.807) is 0 Å². The fraction of sp³-hybridized carbons (Fsp3) is 0.333. The van der Waals surface area contributed by atoms with Crippen molar-refractivity contribution in [3.63, 3.8) is 0 Å². The van der Waals surface area contributed by atoms with Crippen molar-refractivity contribution in [1.82, 2.24) is 10.6 Å². The molecule has 166 valence electrons. The maximum atomic E-state index is 12.6. The van der Waals surface area contributed by atoms with E-state index in [0.717, 1.165) is 14.2 Å². The number of thioether (sulfide) groups is 2. The third-order valence-electron chi connectivity index (χ3n) is 3.87. The Kier molecular flexibility index (Phi) is 8.88. The highest BCUT2D eigenvalue weighted by Crippen LogP contribution is 2.16. The minimum atomic E-state index is -1.22. The standard InChI is InChI=1S/C18H18N2O9S2/c1-27-15(23)11-7-30-17(25)29-18(26)31-8-12(16(24)28-2)20-14(22)10-5-3-4-9(6-10)13(21)19-11/h3-6,11-12H,7-8H2,1-2H3,(H,19,21)(H,20,22)/t11-,12?/m1/s1. The summed E-state index contributed by atoms with van der Waals surface area (Å²) in [6.07, 6.45) is 0. The van der Waals surface area contributed by atoms with Crippen LogP contribution in [0.2, 0.25) is 0 Å². The maximum Gasteiger partial charge on any atom is 0.375 e. The predicted molar refractivity (Wildman–Crippen MR) is 110 cm³/mol. The van der Waals surface area contributed by atoms with Gasteiger partial charge in [0, 0.05) is 22.6 Å². The number of esters is 2. The first-order valence-electron chi connectivity index (χ1n) is 8.64. The molecule has 0 saturated carbocycles. The molecule has 2 N–H and O–H groups in total. The number of amides is 2. The van der Waals surface area contributed by atoms with Crippen LogP contribution in [0.5, 0.6) is 0 Å². The maximum absolute atomic E-state index is 12.6. The van der Waals surface area contributed by atoms with Gasteiger partial charge >= 0.3 is 22.5 Å². The van der Waals surface area contributed by atoms with Crippen LogP contribution in [0.25, 0.3) is 0 Å². The number of ether oxygens (including phenoxy) is 3. The first-order chi connectivity index (χ1) is 14.7. The molecule has 0 saturated heterocycles. The fourth-order valence-electron chi connectivity index (χ4n) is 2.34. The third-order valence-corrected chi connectivity index (χ3v) is 5.51. The molecule has 0 aliphatic carbocycles. The summed E-state index contributed by atoms with van der Waals surface area (Å²) in [5.41, 5.74) is 0.112. The van der Waals surface area contributed by atoms with Gasteiger partial charge in [0.2, 0.25) is 0 Å². The number of benzene rings is 1. The molecule has 1 aliphatic heterocycles. The lowest BCUT2D eigenvalue weighted by Crippen LogP contribution is -2.44. The van der Waals surface area contributed by atoms with Crippen LogP contribution < -0.4 is 10.6 Å². The molecule has 0 aromatic heterocycles. The van der Waals surface area contributed by atoms with Crippen LogP contribution in [0, 0.1) is 0 Å². The van der Waals surface area contributed by atoms with Crippen molar-refractivity contribution >= 4 is 57.9 Å². The summed E-state index contributed by atoms with van der Waals surface area (Å²) in [5, 5.41) is 2.77. The van der Waals surface area contributed by atoms with E-state index in [9.17, 15) is 28.8 Å². The molecule has 1 aliphatic rings. The highest BCUT2D eigenvalue weighted by Gasteiger charge is 2.28.